The van der Waals surface area contributed by atoms with Crippen molar-refractivity contribution < 1.29 is 28.8 Å². The monoisotopic (exact) mass is 480 g/mol. The van der Waals surface area contributed by atoms with Crippen molar-refractivity contribution in [3.05, 3.63) is 64.2 Å². The van der Waals surface area contributed by atoms with Crippen molar-refractivity contribution in [2.75, 3.05) is 16.8 Å². The summed E-state index contributed by atoms with van der Waals surface area (Å²) < 4.78 is 5.19. The molecule has 182 valence electrons. The van der Waals surface area contributed by atoms with E-state index in [1.54, 1.807) is 24.3 Å². The van der Waals surface area contributed by atoms with Crippen LogP contribution in [0.1, 0.15) is 43.0 Å². The van der Waals surface area contributed by atoms with Gasteiger partial charge in [0.2, 0.25) is 0 Å². The van der Waals surface area contributed by atoms with Crippen molar-refractivity contribution >= 4 is 40.8 Å². The van der Waals surface area contributed by atoms with Gasteiger partial charge < -0.3 is 15.4 Å². The first-order valence-electron chi connectivity index (χ1n) is 11.2. The molecule has 1 aliphatic heterocycles. The van der Waals surface area contributed by atoms with Gasteiger partial charge in [-0.25, -0.2) is 4.79 Å². The topological polar surface area (TPSA) is 148 Å². The second-order valence-corrected chi connectivity index (χ2v) is 8.55. The number of benzene rings is 2. The van der Waals surface area contributed by atoms with Crippen molar-refractivity contribution in [3.8, 4) is 0 Å². The molecule has 1 fully saturated rings. The van der Waals surface area contributed by atoms with Crippen LogP contribution in [0.2, 0.25) is 0 Å². The predicted molar refractivity (Wildman–Crippen MR) is 125 cm³/mol. The molecular weight excluding hydrogens is 456 g/mol. The molecule has 1 atom stereocenters. The van der Waals surface area contributed by atoms with Gasteiger partial charge in [0.25, 0.3) is 23.4 Å². The normalized spacial score (nSPS) is 16.7. The molecule has 35 heavy (non-hydrogen) atoms. The number of rotatable bonds is 6. The van der Waals surface area contributed by atoms with E-state index in [1.165, 1.54) is 30.0 Å². The second-order valence-electron chi connectivity index (χ2n) is 8.55. The zero-order valence-electron chi connectivity index (χ0n) is 19.0. The van der Waals surface area contributed by atoms with E-state index in [-0.39, 0.29) is 17.2 Å². The Morgan fingerprint density at radius 3 is 2.60 bits per heavy atom. The molecule has 1 aliphatic carbocycles. The number of nitrogens with zero attached hydrogens (tertiary/aromatic N) is 2. The summed E-state index contributed by atoms with van der Waals surface area (Å²) in [5.41, 5.74) is -0.228. The first kappa shape index (κ1) is 23.9. The number of carbonyl (C=O) groups is 4. The molecule has 1 spiro atoms. The number of carbonyl (C=O) groups excluding carboxylic acids is 4. The van der Waals surface area contributed by atoms with Gasteiger partial charge in [-0.1, -0.05) is 31.0 Å². The van der Waals surface area contributed by atoms with Crippen LogP contribution in [0.15, 0.2) is 48.5 Å². The maximum Gasteiger partial charge on any atom is 0.328 e. The van der Waals surface area contributed by atoms with Crippen LogP contribution in [0.3, 0.4) is 0 Å². The van der Waals surface area contributed by atoms with Gasteiger partial charge in [0.1, 0.15) is 11.6 Å². The molecule has 0 radical (unpaired) electrons. The Morgan fingerprint density at radius 2 is 1.89 bits per heavy atom. The number of fused-ring (bicyclic) bond motifs is 1. The average Bonchev–Trinajstić information content (AvgIpc) is 3.33. The zero-order chi connectivity index (χ0) is 25.2. The van der Waals surface area contributed by atoms with Crippen molar-refractivity contribution in [3.63, 3.8) is 0 Å². The molecule has 4 rings (SSSR count). The highest BCUT2D eigenvalue weighted by Gasteiger charge is 2.52. The van der Waals surface area contributed by atoms with Crippen molar-refractivity contribution in [2.24, 2.45) is 0 Å². The third-order valence-electron chi connectivity index (χ3n) is 6.28. The van der Waals surface area contributed by atoms with Gasteiger partial charge in [-0.05, 0) is 38.0 Å². The molecule has 0 aromatic heterocycles. The standard InChI is InChI=1S/C24H24N4O7/c1-15(25-21(30)16-7-6-8-17(13-16)28(33)34)22(31)35-14-20(29)27-19-10-3-2-9-18(19)26-23(32)24(27)11-4-5-12-24/h2-3,6-10,13,15H,4-5,11-12,14H2,1H3,(H,25,30)(H,26,32)/t15-/m0/s1. The maximum atomic E-state index is 13.3. The number of anilines is 2. The van der Waals surface area contributed by atoms with Gasteiger partial charge >= 0.3 is 5.97 Å². The molecule has 1 saturated carbocycles. The minimum absolute atomic E-state index is 0.00837. The number of nitro benzene ring substituents is 1. The minimum atomic E-state index is -1.12. The van der Waals surface area contributed by atoms with Gasteiger partial charge in [-0.3, -0.25) is 29.4 Å². The van der Waals surface area contributed by atoms with Crippen LogP contribution >= 0.6 is 0 Å². The summed E-state index contributed by atoms with van der Waals surface area (Å²) in [7, 11) is 0. The molecule has 11 heteroatoms. The van der Waals surface area contributed by atoms with Crippen LogP contribution in [0.5, 0.6) is 0 Å². The molecule has 3 amide bonds. The van der Waals surface area contributed by atoms with E-state index in [2.05, 4.69) is 10.6 Å². The SMILES string of the molecule is C[C@H](NC(=O)c1cccc([N+](=O)[O-])c1)C(=O)OCC(=O)N1c2ccccc2NC(=O)C12CCCC2. The lowest BCUT2D eigenvalue weighted by Crippen LogP contribution is -2.61. The highest BCUT2D eigenvalue weighted by Crippen LogP contribution is 2.45. The largest absolute Gasteiger partial charge is 0.454 e. The van der Waals surface area contributed by atoms with Crippen LogP contribution < -0.4 is 15.5 Å². The molecule has 0 bridgehead atoms. The first-order chi connectivity index (χ1) is 16.7. The van der Waals surface area contributed by atoms with Gasteiger partial charge in [0, 0.05) is 17.7 Å². The summed E-state index contributed by atoms with van der Waals surface area (Å²) in [6.07, 6.45) is 2.59. The molecule has 0 saturated heterocycles. The van der Waals surface area contributed by atoms with E-state index in [1.807, 2.05) is 0 Å². The van der Waals surface area contributed by atoms with Crippen LogP contribution in [-0.4, -0.2) is 46.8 Å². The lowest BCUT2D eigenvalue weighted by molar-refractivity contribution is -0.384. The van der Waals surface area contributed by atoms with Gasteiger partial charge in [0.15, 0.2) is 6.61 Å². The maximum absolute atomic E-state index is 13.3. The van der Waals surface area contributed by atoms with E-state index < -0.39 is 40.9 Å². The first-order valence-corrected chi connectivity index (χ1v) is 11.2. The van der Waals surface area contributed by atoms with E-state index in [0.29, 0.717) is 24.2 Å². The minimum Gasteiger partial charge on any atom is -0.454 e. The quantitative estimate of drug-likeness (QED) is 0.367. The number of nitro groups is 1. The molecule has 2 aromatic carbocycles. The number of para-hydroxylation sites is 2. The highest BCUT2D eigenvalue weighted by atomic mass is 16.6. The fraction of sp³-hybridized carbons (Fsp3) is 0.333. The Morgan fingerprint density at radius 1 is 1.17 bits per heavy atom. The van der Waals surface area contributed by atoms with Crippen LogP contribution in [0, 0.1) is 10.1 Å². The summed E-state index contributed by atoms with van der Waals surface area (Å²) in [6.45, 7) is 0.767. The van der Waals surface area contributed by atoms with Crippen molar-refractivity contribution in [1.82, 2.24) is 5.32 Å². The van der Waals surface area contributed by atoms with E-state index in [0.717, 1.165) is 18.9 Å². The Balaban J connectivity index is 1.43. The average molecular weight is 480 g/mol. The van der Waals surface area contributed by atoms with E-state index in [4.69, 9.17) is 4.74 Å². The molecule has 2 N–H and O–H groups in total. The predicted octanol–water partition coefficient (Wildman–Crippen LogP) is 2.55. The fourth-order valence-electron chi connectivity index (χ4n) is 4.55. The summed E-state index contributed by atoms with van der Waals surface area (Å²) in [6, 6.07) is 10.9. The fourth-order valence-corrected chi connectivity index (χ4v) is 4.55. The van der Waals surface area contributed by atoms with Crippen LogP contribution in [0.4, 0.5) is 17.1 Å². The van der Waals surface area contributed by atoms with Crippen molar-refractivity contribution in [1.29, 1.82) is 0 Å². The van der Waals surface area contributed by atoms with E-state index in [9.17, 15) is 29.3 Å². The lowest BCUT2D eigenvalue weighted by atomic mass is 9.90. The Bertz CT molecular complexity index is 1210. The van der Waals surface area contributed by atoms with Gasteiger partial charge in [0.05, 0.1) is 16.3 Å². The Hall–Kier alpha value is -4.28. The summed E-state index contributed by atoms with van der Waals surface area (Å²) >= 11 is 0. The third-order valence-corrected chi connectivity index (χ3v) is 6.28. The number of hydrogen-bond acceptors (Lipinski definition) is 7. The Labute approximate surface area is 200 Å². The number of amides is 3. The van der Waals surface area contributed by atoms with Gasteiger partial charge in [-0.2, -0.15) is 0 Å². The molecule has 0 unspecified atom stereocenters. The second kappa shape index (κ2) is 9.53. The number of esters is 1. The molecular formula is C24H24N4O7. The molecule has 1 heterocycles. The Kier molecular flexibility index (Phi) is 6.50. The third kappa shape index (κ3) is 4.57. The molecule has 2 aromatic rings. The summed E-state index contributed by atoms with van der Waals surface area (Å²) in [5.74, 6) is -2.35. The number of nitrogens with one attached hydrogen (secondary N) is 2. The summed E-state index contributed by atoms with van der Waals surface area (Å²) in [4.78, 5) is 62.8. The van der Waals surface area contributed by atoms with Crippen LogP contribution in [0.25, 0.3) is 0 Å². The van der Waals surface area contributed by atoms with Crippen molar-refractivity contribution in [2.45, 2.75) is 44.2 Å². The van der Waals surface area contributed by atoms with Crippen LogP contribution in [-0.2, 0) is 19.1 Å². The highest BCUT2D eigenvalue weighted by molar-refractivity contribution is 6.15. The number of non-ortho nitro benzene ring substituents is 1. The number of ether oxygens (including phenoxy) is 1. The van der Waals surface area contributed by atoms with E-state index >= 15 is 0 Å². The zero-order valence-corrected chi connectivity index (χ0v) is 19.0. The van der Waals surface area contributed by atoms with Gasteiger partial charge in [-0.15, -0.1) is 0 Å². The molecule has 2 aliphatic rings. The lowest BCUT2D eigenvalue weighted by Gasteiger charge is -2.44. The molecule has 11 nitrogen and oxygen atoms in total. The number of hydrogen-bond donors (Lipinski definition) is 2. The summed E-state index contributed by atoms with van der Waals surface area (Å²) in [5, 5.41) is 16.2. The smallest absolute Gasteiger partial charge is 0.328 e.